The van der Waals surface area contributed by atoms with Crippen molar-refractivity contribution in [2.45, 2.75) is 32.2 Å². The summed E-state index contributed by atoms with van der Waals surface area (Å²) in [7, 11) is 0. The number of benzene rings is 1. The van der Waals surface area contributed by atoms with Gasteiger partial charge in [-0.2, -0.15) is 0 Å². The van der Waals surface area contributed by atoms with Crippen LogP contribution in [0.5, 0.6) is 0 Å². The lowest BCUT2D eigenvalue weighted by molar-refractivity contribution is 0.711. The minimum absolute atomic E-state index is 0.191. The molecular formula is C15H19NS. The summed E-state index contributed by atoms with van der Waals surface area (Å²) >= 11 is 1.78. The van der Waals surface area contributed by atoms with Crippen molar-refractivity contribution in [3.8, 4) is 0 Å². The SMILES string of the molecule is CC[C@@H](N)c1cc(C(C)c2ccccc2)cs1. The Morgan fingerprint density at radius 3 is 2.53 bits per heavy atom. The Hall–Kier alpha value is -1.12. The van der Waals surface area contributed by atoms with Gasteiger partial charge in [0, 0.05) is 16.8 Å². The zero-order valence-corrected chi connectivity index (χ0v) is 11.2. The highest BCUT2D eigenvalue weighted by molar-refractivity contribution is 7.10. The Bertz CT molecular complexity index is 461. The number of hydrogen-bond donors (Lipinski definition) is 1. The largest absolute Gasteiger partial charge is 0.323 e. The summed E-state index contributed by atoms with van der Waals surface area (Å²) in [5.74, 6) is 0.449. The van der Waals surface area contributed by atoms with Gasteiger partial charge in [0.2, 0.25) is 0 Å². The molecule has 1 aromatic heterocycles. The van der Waals surface area contributed by atoms with Gasteiger partial charge in [0.05, 0.1) is 0 Å². The van der Waals surface area contributed by atoms with E-state index in [9.17, 15) is 0 Å². The van der Waals surface area contributed by atoms with Crippen LogP contribution in [0.1, 0.15) is 48.2 Å². The van der Waals surface area contributed by atoms with E-state index in [0.29, 0.717) is 5.92 Å². The Kier molecular flexibility index (Phi) is 3.97. The molecule has 0 saturated heterocycles. The molecule has 0 spiro atoms. The summed E-state index contributed by atoms with van der Waals surface area (Å²) in [6.07, 6.45) is 1.000. The maximum absolute atomic E-state index is 6.06. The first-order chi connectivity index (χ1) is 8.22. The van der Waals surface area contributed by atoms with Gasteiger partial charge < -0.3 is 5.73 Å². The smallest absolute Gasteiger partial charge is 0.0387 e. The zero-order chi connectivity index (χ0) is 12.3. The maximum Gasteiger partial charge on any atom is 0.0387 e. The van der Waals surface area contributed by atoms with Crippen LogP contribution in [0.4, 0.5) is 0 Å². The van der Waals surface area contributed by atoms with Crippen molar-refractivity contribution in [3.05, 3.63) is 57.8 Å². The van der Waals surface area contributed by atoms with Crippen molar-refractivity contribution in [1.29, 1.82) is 0 Å². The number of nitrogens with two attached hydrogens (primary N) is 1. The van der Waals surface area contributed by atoms with E-state index in [2.05, 4.69) is 55.6 Å². The third-order valence-electron chi connectivity index (χ3n) is 3.24. The minimum atomic E-state index is 0.191. The van der Waals surface area contributed by atoms with Crippen LogP contribution >= 0.6 is 11.3 Å². The highest BCUT2D eigenvalue weighted by atomic mass is 32.1. The second kappa shape index (κ2) is 5.48. The molecule has 1 unspecified atom stereocenters. The number of thiophene rings is 1. The quantitative estimate of drug-likeness (QED) is 0.853. The van der Waals surface area contributed by atoms with E-state index >= 15 is 0 Å². The van der Waals surface area contributed by atoms with Crippen LogP contribution in [-0.2, 0) is 0 Å². The van der Waals surface area contributed by atoms with E-state index in [1.807, 2.05) is 0 Å². The maximum atomic E-state index is 6.06. The van der Waals surface area contributed by atoms with Gasteiger partial charge in [-0.3, -0.25) is 0 Å². The average molecular weight is 245 g/mol. The molecule has 1 heterocycles. The standard InChI is InChI=1S/C15H19NS/c1-3-14(16)15-9-13(10-17-15)11(2)12-7-5-4-6-8-12/h4-11,14H,3,16H2,1-2H3/t11?,14-/m1/s1. The third kappa shape index (κ3) is 2.76. The molecule has 0 fully saturated rings. The van der Waals surface area contributed by atoms with Crippen LogP contribution in [0.15, 0.2) is 41.8 Å². The third-order valence-corrected chi connectivity index (χ3v) is 4.33. The van der Waals surface area contributed by atoms with E-state index in [1.54, 1.807) is 11.3 Å². The molecule has 1 aromatic carbocycles. The highest BCUT2D eigenvalue weighted by Crippen LogP contribution is 2.30. The lowest BCUT2D eigenvalue weighted by atomic mass is 9.95. The molecule has 0 bridgehead atoms. The van der Waals surface area contributed by atoms with Crippen molar-refractivity contribution in [1.82, 2.24) is 0 Å². The van der Waals surface area contributed by atoms with Crippen LogP contribution < -0.4 is 5.73 Å². The first-order valence-corrected chi connectivity index (χ1v) is 6.99. The fraction of sp³-hybridized carbons (Fsp3) is 0.333. The van der Waals surface area contributed by atoms with Gasteiger partial charge in [0.15, 0.2) is 0 Å². The summed E-state index contributed by atoms with van der Waals surface area (Å²) in [6.45, 7) is 4.38. The Balaban J connectivity index is 2.20. The minimum Gasteiger partial charge on any atom is -0.323 e. The van der Waals surface area contributed by atoms with Crippen molar-refractivity contribution in [2.24, 2.45) is 5.73 Å². The predicted molar refractivity (Wildman–Crippen MR) is 75.5 cm³/mol. The number of rotatable bonds is 4. The summed E-state index contributed by atoms with van der Waals surface area (Å²) < 4.78 is 0. The molecule has 1 nitrogen and oxygen atoms in total. The first kappa shape index (κ1) is 12.3. The molecule has 0 aliphatic rings. The fourth-order valence-electron chi connectivity index (χ4n) is 1.93. The van der Waals surface area contributed by atoms with Crippen LogP contribution in [0, 0.1) is 0 Å². The van der Waals surface area contributed by atoms with Crippen molar-refractivity contribution < 1.29 is 0 Å². The zero-order valence-electron chi connectivity index (χ0n) is 10.4. The lowest BCUT2D eigenvalue weighted by Gasteiger charge is -2.10. The lowest BCUT2D eigenvalue weighted by Crippen LogP contribution is -2.06. The normalized spacial score (nSPS) is 14.5. The molecule has 2 heteroatoms. The van der Waals surface area contributed by atoms with Gasteiger partial charge in [-0.25, -0.2) is 0 Å². The van der Waals surface area contributed by atoms with Gasteiger partial charge in [-0.05, 0) is 29.0 Å². The second-order valence-electron chi connectivity index (χ2n) is 4.43. The highest BCUT2D eigenvalue weighted by Gasteiger charge is 2.12. The average Bonchev–Trinajstić information content (AvgIpc) is 2.87. The van der Waals surface area contributed by atoms with Gasteiger partial charge in [0.1, 0.15) is 0 Å². The van der Waals surface area contributed by atoms with E-state index < -0.39 is 0 Å². The molecule has 2 atom stereocenters. The Morgan fingerprint density at radius 1 is 1.18 bits per heavy atom. The molecule has 0 aliphatic carbocycles. The predicted octanol–water partition coefficient (Wildman–Crippen LogP) is 4.31. The molecule has 0 radical (unpaired) electrons. The number of hydrogen-bond acceptors (Lipinski definition) is 2. The molecule has 90 valence electrons. The van der Waals surface area contributed by atoms with Gasteiger partial charge >= 0.3 is 0 Å². The van der Waals surface area contributed by atoms with Crippen molar-refractivity contribution in [3.63, 3.8) is 0 Å². The molecule has 0 aliphatic heterocycles. The molecule has 0 saturated carbocycles. The topological polar surface area (TPSA) is 26.0 Å². The van der Waals surface area contributed by atoms with Crippen LogP contribution in [0.2, 0.25) is 0 Å². The van der Waals surface area contributed by atoms with E-state index in [1.165, 1.54) is 16.0 Å². The summed E-state index contributed by atoms with van der Waals surface area (Å²) in [5, 5.41) is 2.24. The van der Waals surface area contributed by atoms with Gasteiger partial charge in [-0.1, -0.05) is 44.2 Å². The first-order valence-electron chi connectivity index (χ1n) is 6.11. The van der Waals surface area contributed by atoms with E-state index in [0.717, 1.165) is 6.42 Å². The molecule has 2 aromatic rings. The second-order valence-corrected chi connectivity index (χ2v) is 5.37. The Morgan fingerprint density at radius 2 is 1.88 bits per heavy atom. The molecule has 17 heavy (non-hydrogen) atoms. The van der Waals surface area contributed by atoms with Crippen molar-refractivity contribution >= 4 is 11.3 Å². The molecule has 0 amide bonds. The Labute approximate surface area is 107 Å². The summed E-state index contributed by atoms with van der Waals surface area (Å²) in [5.41, 5.74) is 8.79. The fourth-order valence-corrected chi connectivity index (χ4v) is 3.02. The van der Waals surface area contributed by atoms with Crippen LogP contribution in [0.3, 0.4) is 0 Å². The van der Waals surface area contributed by atoms with Gasteiger partial charge in [-0.15, -0.1) is 11.3 Å². The molecule has 2 N–H and O–H groups in total. The van der Waals surface area contributed by atoms with E-state index in [4.69, 9.17) is 5.73 Å². The van der Waals surface area contributed by atoms with Crippen molar-refractivity contribution in [2.75, 3.05) is 0 Å². The van der Waals surface area contributed by atoms with E-state index in [-0.39, 0.29) is 6.04 Å². The monoisotopic (exact) mass is 245 g/mol. The molecule has 2 rings (SSSR count). The van der Waals surface area contributed by atoms with Crippen LogP contribution in [-0.4, -0.2) is 0 Å². The van der Waals surface area contributed by atoms with Crippen LogP contribution in [0.25, 0.3) is 0 Å². The van der Waals surface area contributed by atoms with Gasteiger partial charge in [0.25, 0.3) is 0 Å². The molecular weight excluding hydrogens is 226 g/mol. The summed E-state index contributed by atoms with van der Waals surface area (Å²) in [4.78, 5) is 1.30. The summed E-state index contributed by atoms with van der Waals surface area (Å²) in [6, 6.07) is 13.1.